The van der Waals surface area contributed by atoms with Gasteiger partial charge in [-0.15, -0.1) is 11.3 Å². The van der Waals surface area contributed by atoms with Crippen LogP contribution in [0.1, 0.15) is 16.0 Å². The van der Waals surface area contributed by atoms with E-state index in [0.717, 1.165) is 20.3 Å². The van der Waals surface area contributed by atoms with Crippen molar-refractivity contribution < 1.29 is 13.2 Å². The van der Waals surface area contributed by atoms with Crippen molar-refractivity contribution in [1.29, 1.82) is 0 Å². The van der Waals surface area contributed by atoms with Crippen LogP contribution in [0.5, 0.6) is 0 Å². The zero-order valence-electron chi connectivity index (χ0n) is 13.4. The normalized spacial score (nSPS) is 11.7. The second-order valence-corrected chi connectivity index (χ2v) is 8.44. The number of aryl methyl sites for hydroxylation is 2. The zero-order chi connectivity index (χ0) is 17.0. The molecule has 1 aromatic carbocycles. The van der Waals surface area contributed by atoms with E-state index in [0.29, 0.717) is 6.54 Å². The summed E-state index contributed by atoms with van der Waals surface area (Å²) in [5.41, 5.74) is 1.93. The van der Waals surface area contributed by atoms with Crippen LogP contribution in [0.4, 0.5) is 0 Å². The van der Waals surface area contributed by atoms with Gasteiger partial charge in [0.1, 0.15) is 0 Å². The lowest BCUT2D eigenvalue weighted by Gasteiger charge is -2.17. The first-order valence-electron chi connectivity index (χ1n) is 7.13. The summed E-state index contributed by atoms with van der Waals surface area (Å²) in [6.07, 6.45) is 0. The number of nitrogens with one attached hydrogen (secondary N) is 1. The Labute approximate surface area is 141 Å². The van der Waals surface area contributed by atoms with E-state index in [1.54, 1.807) is 29.5 Å². The number of hydrogen-bond acceptors (Lipinski definition) is 4. The van der Waals surface area contributed by atoms with Crippen LogP contribution in [0.25, 0.3) is 0 Å². The van der Waals surface area contributed by atoms with E-state index >= 15 is 0 Å². The van der Waals surface area contributed by atoms with E-state index < -0.39 is 10.0 Å². The van der Waals surface area contributed by atoms with Gasteiger partial charge in [0.2, 0.25) is 15.9 Å². The number of sulfonamides is 1. The van der Waals surface area contributed by atoms with Gasteiger partial charge < -0.3 is 5.32 Å². The molecule has 2 aromatic rings. The number of carbonyl (C=O) groups excluding carboxylic acids is 1. The molecule has 0 radical (unpaired) electrons. The summed E-state index contributed by atoms with van der Waals surface area (Å²) < 4.78 is 26.1. The molecule has 23 heavy (non-hydrogen) atoms. The zero-order valence-corrected chi connectivity index (χ0v) is 15.0. The first-order valence-corrected chi connectivity index (χ1v) is 9.45. The van der Waals surface area contributed by atoms with Gasteiger partial charge in [-0.2, -0.15) is 4.31 Å². The molecule has 0 aliphatic carbocycles. The summed E-state index contributed by atoms with van der Waals surface area (Å²) in [5.74, 6) is -0.326. The maximum absolute atomic E-state index is 12.5. The Morgan fingerprint density at radius 1 is 1.22 bits per heavy atom. The summed E-state index contributed by atoms with van der Waals surface area (Å²) in [4.78, 5) is 13.2. The van der Waals surface area contributed by atoms with Crippen LogP contribution in [0.3, 0.4) is 0 Å². The molecule has 124 valence electrons. The third-order valence-electron chi connectivity index (χ3n) is 3.59. The lowest BCUT2D eigenvalue weighted by atomic mass is 10.1. The number of likely N-dealkylation sites (N-methyl/N-ethyl adjacent to an activating group) is 1. The van der Waals surface area contributed by atoms with E-state index in [9.17, 15) is 13.2 Å². The van der Waals surface area contributed by atoms with Crippen molar-refractivity contribution in [1.82, 2.24) is 9.62 Å². The minimum atomic E-state index is -3.67. The van der Waals surface area contributed by atoms with Crippen LogP contribution in [-0.2, 0) is 21.4 Å². The standard InChI is InChI=1S/C16H20N2O3S2/c1-12-6-7-15(9-13(12)2)23(20,21)18(3)11-16(19)17-10-14-5-4-8-22-14/h4-9H,10-11H2,1-3H3,(H,17,19). The molecule has 0 bridgehead atoms. The third-order valence-corrected chi connectivity index (χ3v) is 6.27. The van der Waals surface area contributed by atoms with Crippen molar-refractivity contribution in [2.45, 2.75) is 25.3 Å². The second-order valence-electron chi connectivity index (χ2n) is 5.36. The molecule has 5 nitrogen and oxygen atoms in total. The number of carbonyl (C=O) groups is 1. The van der Waals surface area contributed by atoms with Gasteiger partial charge in [-0.25, -0.2) is 8.42 Å². The molecule has 0 fully saturated rings. The maximum Gasteiger partial charge on any atom is 0.243 e. The predicted octanol–water partition coefficient (Wildman–Crippen LogP) is 2.30. The van der Waals surface area contributed by atoms with Gasteiger partial charge in [-0.1, -0.05) is 12.1 Å². The highest BCUT2D eigenvalue weighted by molar-refractivity contribution is 7.89. The van der Waals surface area contributed by atoms with Crippen molar-refractivity contribution in [2.24, 2.45) is 0 Å². The number of rotatable bonds is 6. The van der Waals surface area contributed by atoms with Crippen LogP contribution in [0, 0.1) is 13.8 Å². The molecule has 0 aliphatic heterocycles. The highest BCUT2D eigenvalue weighted by Crippen LogP contribution is 2.18. The maximum atomic E-state index is 12.5. The molecule has 0 aliphatic rings. The molecule has 1 aromatic heterocycles. The lowest BCUT2D eigenvalue weighted by Crippen LogP contribution is -2.38. The number of thiophene rings is 1. The fourth-order valence-electron chi connectivity index (χ4n) is 2.00. The van der Waals surface area contributed by atoms with Crippen LogP contribution in [0.2, 0.25) is 0 Å². The van der Waals surface area contributed by atoms with Gasteiger partial charge in [0.15, 0.2) is 0 Å². The number of nitrogens with zero attached hydrogens (tertiary/aromatic N) is 1. The fraction of sp³-hybridized carbons (Fsp3) is 0.312. The lowest BCUT2D eigenvalue weighted by molar-refractivity contribution is -0.121. The molecule has 2 rings (SSSR count). The molecule has 1 heterocycles. The minimum Gasteiger partial charge on any atom is -0.350 e. The van der Waals surface area contributed by atoms with Crippen molar-refractivity contribution in [3.63, 3.8) is 0 Å². The first-order chi connectivity index (χ1) is 10.8. The average molecular weight is 352 g/mol. The Morgan fingerprint density at radius 2 is 1.96 bits per heavy atom. The smallest absolute Gasteiger partial charge is 0.243 e. The molecular weight excluding hydrogens is 332 g/mol. The summed E-state index contributed by atoms with van der Waals surface area (Å²) in [5, 5.41) is 4.65. The summed E-state index contributed by atoms with van der Waals surface area (Å²) >= 11 is 1.54. The first kappa shape index (κ1) is 17.7. The molecule has 0 atom stereocenters. The van der Waals surface area contributed by atoms with Gasteiger partial charge in [0.25, 0.3) is 0 Å². The molecule has 0 saturated heterocycles. The quantitative estimate of drug-likeness (QED) is 0.867. The molecule has 7 heteroatoms. The van der Waals surface area contributed by atoms with Gasteiger partial charge >= 0.3 is 0 Å². The predicted molar refractivity (Wildman–Crippen MR) is 91.9 cm³/mol. The third kappa shape index (κ3) is 4.40. The number of benzene rings is 1. The van der Waals surface area contributed by atoms with Gasteiger partial charge in [0, 0.05) is 11.9 Å². The molecule has 0 unspecified atom stereocenters. The van der Waals surface area contributed by atoms with E-state index in [2.05, 4.69) is 5.32 Å². The average Bonchev–Trinajstić information content (AvgIpc) is 3.01. The van der Waals surface area contributed by atoms with Crippen LogP contribution >= 0.6 is 11.3 Å². The van der Waals surface area contributed by atoms with Crippen LogP contribution in [-0.4, -0.2) is 32.2 Å². The molecule has 1 N–H and O–H groups in total. The van der Waals surface area contributed by atoms with Gasteiger partial charge in [-0.05, 0) is 48.6 Å². The topological polar surface area (TPSA) is 66.5 Å². The van der Waals surface area contributed by atoms with Crippen LogP contribution < -0.4 is 5.32 Å². The van der Waals surface area contributed by atoms with Crippen LogP contribution in [0.15, 0.2) is 40.6 Å². The second kappa shape index (κ2) is 7.25. The SMILES string of the molecule is Cc1ccc(S(=O)(=O)N(C)CC(=O)NCc2cccs2)cc1C. The summed E-state index contributed by atoms with van der Waals surface area (Å²) in [7, 11) is -2.26. The van der Waals surface area contributed by atoms with Gasteiger partial charge in [0.05, 0.1) is 18.0 Å². The summed E-state index contributed by atoms with van der Waals surface area (Å²) in [6.45, 7) is 3.99. The Hall–Kier alpha value is -1.70. The molecule has 0 spiro atoms. The Bertz CT molecular complexity index is 784. The summed E-state index contributed by atoms with van der Waals surface area (Å²) in [6, 6.07) is 8.79. The minimum absolute atomic E-state index is 0.203. The van der Waals surface area contributed by atoms with E-state index in [4.69, 9.17) is 0 Å². The van der Waals surface area contributed by atoms with Crippen molar-refractivity contribution in [3.05, 3.63) is 51.7 Å². The molecule has 0 saturated carbocycles. The Morgan fingerprint density at radius 3 is 2.57 bits per heavy atom. The van der Waals surface area contributed by atoms with E-state index in [1.165, 1.54) is 7.05 Å². The number of hydrogen-bond donors (Lipinski definition) is 1. The van der Waals surface area contributed by atoms with Crippen molar-refractivity contribution >= 4 is 27.3 Å². The molecular formula is C16H20N2O3S2. The number of amides is 1. The highest BCUT2D eigenvalue weighted by atomic mass is 32.2. The van der Waals surface area contributed by atoms with E-state index in [1.807, 2.05) is 31.4 Å². The van der Waals surface area contributed by atoms with Crippen molar-refractivity contribution in [2.75, 3.05) is 13.6 Å². The Balaban J connectivity index is 2.01. The van der Waals surface area contributed by atoms with Gasteiger partial charge in [-0.3, -0.25) is 4.79 Å². The fourth-order valence-corrected chi connectivity index (χ4v) is 3.85. The monoisotopic (exact) mass is 352 g/mol. The Kier molecular flexibility index (Phi) is 5.56. The largest absolute Gasteiger partial charge is 0.350 e. The highest BCUT2D eigenvalue weighted by Gasteiger charge is 2.23. The van der Waals surface area contributed by atoms with E-state index in [-0.39, 0.29) is 17.3 Å². The van der Waals surface area contributed by atoms with Crippen molar-refractivity contribution in [3.8, 4) is 0 Å². The molecule has 1 amide bonds.